The third-order valence-electron chi connectivity index (χ3n) is 4.40. The summed E-state index contributed by atoms with van der Waals surface area (Å²) in [6.07, 6.45) is 1.83. The molecule has 2 aromatic heterocycles. The fraction of sp³-hybridized carbons (Fsp3) is 0.409. The molecule has 0 radical (unpaired) electrons. The second kappa shape index (κ2) is 8.00. The Bertz CT molecular complexity index is 972. The molecule has 148 valence electrons. The predicted octanol–water partition coefficient (Wildman–Crippen LogP) is 5.18. The van der Waals surface area contributed by atoms with Gasteiger partial charge in [-0.25, -0.2) is 9.67 Å². The van der Waals surface area contributed by atoms with E-state index in [1.54, 1.807) is 6.20 Å². The van der Waals surface area contributed by atoms with E-state index in [4.69, 9.17) is 9.72 Å². The van der Waals surface area contributed by atoms with Crippen molar-refractivity contribution in [3.63, 3.8) is 0 Å². The average molecular weight is 380 g/mol. The van der Waals surface area contributed by atoms with Gasteiger partial charge in [-0.3, -0.25) is 4.79 Å². The van der Waals surface area contributed by atoms with Crippen LogP contribution in [0.15, 0.2) is 36.5 Å². The first-order valence-corrected chi connectivity index (χ1v) is 9.72. The Morgan fingerprint density at radius 3 is 2.32 bits per heavy atom. The maximum atomic E-state index is 13.0. The fourth-order valence-electron chi connectivity index (χ4n) is 2.99. The molecular formula is C22H28N4O2. The first kappa shape index (κ1) is 19.9. The highest BCUT2D eigenvalue weighted by atomic mass is 16.5. The quantitative estimate of drug-likeness (QED) is 0.640. The third-order valence-corrected chi connectivity index (χ3v) is 4.40. The minimum Gasteiger partial charge on any atom is -0.491 e. The van der Waals surface area contributed by atoms with Gasteiger partial charge >= 0.3 is 0 Å². The molecule has 0 aliphatic carbocycles. The van der Waals surface area contributed by atoms with E-state index in [-0.39, 0.29) is 24.0 Å². The van der Waals surface area contributed by atoms with Crippen LogP contribution in [0.1, 0.15) is 69.6 Å². The summed E-state index contributed by atoms with van der Waals surface area (Å²) >= 11 is 0. The Labute approximate surface area is 165 Å². The molecule has 0 saturated carbocycles. The van der Waals surface area contributed by atoms with Crippen LogP contribution in [0, 0.1) is 0 Å². The molecule has 0 unspecified atom stereocenters. The minimum atomic E-state index is -0.171. The fourth-order valence-corrected chi connectivity index (χ4v) is 2.99. The zero-order valence-electron chi connectivity index (χ0n) is 17.4. The molecular weight excluding hydrogens is 352 g/mol. The van der Waals surface area contributed by atoms with Crippen LogP contribution in [0.25, 0.3) is 11.0 Å². The SMILES string of the molecule is CC(C)Oc1ccc(NC(=O)c2cc(C(C)C)nc3c2cnn3C(C)C)cc1. The number of carbonyl (C=O) groups is 1. The molecule has 1 N–H and O–H groups in total. The lowest BCUT2D eigenvalue weighted by atomic mass is 10.0. The van der Waals surface area contributed by atoms with Crippen molar-refractivity contribution >= 4 is 22.6 Å². The number of rotatable bonds is 6. The molecule has 0 fully saturated rings. The molecule has 2 heterocycles. The number of pyridine rings is 1. The monoisotopic (exact) mass is 380 g/mol. The lowest BCUT2D eigenvalue weighted by Crippen LogP contribution is -2.14. The van der Waals surface area contributed by atoms with Crippen molar-refractivity contribution in [3.05, 3.63) is 47.8 Å². The molecule has 6 nitrogen and oxygen atoms in total. The van der Waals surface area contributed by atoms with Gasteiger partial charge in [0.25, 0.3) is 5.91 Å². The molecule has 0 saturated heterocycles. The van der Waals surface area contributed by atoms with Crippen molar-refractivity contribution in [2.45, 2.75) is 59.6 Å². The standard InChI is InChI=1S/C22H28N4O2/c1-13(2)20-11-18(19-12-23-26(14(3)4)21(19)25-20)22(27)24-16-7-9-17(10-8-16)28-15(5)6/h7-15H,1-6H3,(H,24,27). The van der Waals surface area contributed by atoms with Crippen LogP contribution < -0.4 is 10.1 Å². The summed E-state index contributed by atoms with van der Waals surface area (Å²) in [5.74, 6) is 0.814. The number of ether oxygens (including phenoxy) is 1. The maximum absolute atomic E-state index is 13.0. The summed E-state index contributed by atoms with van der Waals surface area (Å²) in [6, 6.07) is 9.42. The van der Waals surface area contributed by atoms with E-state index in [1.165, 1.54) is 0 Å². The van der Waals surface area contributed by atoms with E-state index in [0.717, 1.165) is 22.5 Å². The lowest BCUT2D eigenvalue weighted by Gasteiger charge is -2.13. The second-order valence-corrected chi connectivity index (χ2v) is 7.81. The first-order chi connectivity index (χ1) is 13.3. The van der Waals surface area contributed by atoms with Crippen molar-refractivity contribution < 1.29 is 9.53 Å². The van der Waals surface area contributed by atoms with Gasteiger partial charge in [0.2, 0.25) is 0 Å². The molecule has 0 aliphatic rings. The molecule has 0 bridgehead atoms. The summed E-state index contributed by atoms with van der Waals surface area (Å²) < 4.78 is 7.51. The highest BCUT2D eigenvalue weighted by Crippen LogP contribution is 2.25. The Balaban J connectivity index is 1.94. The van der Waals surface area contributed by atoms with Crippen molar-refractivity contribution in [2.75, 3.05) is 5.32 Å². The van der Waals surface area contributed by atoms with E-state index in [0.29, 0.717) is 11.3 Å². The lowest BCUT2D eigenvalue weighted by molar-refractivity contribution is 0.102. The number of hydrogen-bond donors (Lipinski definition) is 1. The highest BCUT2D eigenvalue weighted by Gasteiger charge is 2.19. The van der Waals surface area contributed by atoms with E-state index in [9.17, 15) is 4.79 Å². The van der Waals surface area contributed by atoms with Gasteiger partial charge in [0.05, 0.1) is 23.3 Å². The molecule has 6 heteroatoms. The van der Waals surface area contributed by atoms with Gasteiger partial charge in [0, 0.05) is 17.4 Å². The largest absolute Gasteiger partial charge is 0.491 e. The highest BCUT2D eigenvalue weighted by molar-refractivity contribution is 6.12. The summed E-state index contributed by atoms with van der Waals surface area (Å²) in [7, 11) is 0. The smallest absolute Gasteiger partial charge is 0.256 e. The normalized spacial score (nSPS) is 11.6. The molecule has 0 aliphatic heterocycles. The van der Waals surface area contributed by atoms with Crippen LogP contribution in [-0.4, -0.2) is 26.8 Å². The minimum absolute atomic E-state index is 0.109. The number of amides is 1. The van der Waals surface area contributed by atoms with Crippen LogP contribution in [0.2, 0.25) is 0 Å². The Hall–Kier alpha value is -2.89. The number of nitrogens with zero attached hydrogens (tertiary/aromatic N) is 3. The first-order valence-electron chi connectivity index (χ1n) is 9.72. The topological polar surface area (TPSA) is 69.0 Å². The van der Waals surface area contributed by atoms with Crippen LogP contribution >= 0.6 is 0 Å². The number of aromatic nitrogens is 3. The molecule has 3 rings (SSSR count). The number of anilines is 1. The molecule has 0 spiro atoms. The molecule has 0 atom stereocenters. The van der Waals surface area contributed by atoms with Crippen LogP contribution in [0.3, 0.4) is 0 Å². The van der Waals surface area contributed by atoms with Gasteiger partial charge in [-0.1, -0.05) is 13.8 Å². The Kier molecular flexibility index (Phi) is 5.68. The van der Waals surface area contributed by atoms with Gasteiger partial charge in [0.15, 0.2) is 5.65 Å². The van der Waals surface area contributed by atoms with Crippen LogP contribution in [-0.2, 0) is 0 Å². The van der Waals surface area contributed by atoms with Crippen LogP contribution in [0.5, 0.6) is 5.75 Å². The zero-order valence-corrected chi connectivity index (χ0v) is 17.4. The Morgan fingerprint density at radius 2 is 1.75 bits per heavy atom. The molecule has 3 aromatic rings. The summed E-state index contributed by atoms with van der Waals surface area (Å²) in [4.78, 5) is 17.8. The van der Waals surface area contributed by atoms with Gasteiger partial charge in [-0.15, -0.1) is 0 Å². The van der Waals surface area contributed by atoms with E-state index < -0.39 is 0 Å². The van der Waals surface area contributed by atoms with E-state index >= 15 is 0 Å². The number of hydrogen-bond acceptors (Lipinski definition) is 4. The number of benzene rings is 1. The number of carbonyl (C=O) groups excluding carboxylic acids is 1. The van der Waals surface area contributed by atoms with Crippen molar-refractivity contribution in [3.8, 4) is 5.75 Å². The Morgan fingerprint density at radius 1 is 1.07 bits per heavy atom. The molecule has 28 heavy (non-hydrogen) atoms. The van der Waals surface area contributed by atoms with Gasteiger partial charge in [0.1, 0.15) is 5.75 Å². The van der Waals surface area contributed by atoms with Gasteiger partial charge in [-0.05, 0) is 63.9 Å². The zero-order chi connectivity index (χ0) is 20.4. The van der Waals surface area contributed by atoms with Crippen molar-refractivity contribution in [1.82, 2.24) is 14.8 Å². The van der Waals surface area contributed by atoms with Crippen LogP contribution in [0.4, 0.5) is 5.69 Å². The van der Waals surface area contributed by atoms with Gasteiger partial charge < -0.3 is 10.1 Å². The van der Waals surface area contributed by atoms with E-state index in [2.05, 4.69) is 38.1 Å². The van der Waals surface area contributed by atoms with Crippen molar-refractivity contribution in [1.29, 1.82) is 0 Å². The molecule has 1 aromatic carbocycles. The molecule has 1 amide bonds. The average Bonchev–Trinajstić information content (AvgIpc) is 3.06. The number of fused-ring (bicyclic) bond motifs is 1. The van der Waals surface area contributed by atoms with Crippen molar-refractivity contribution in [2.24, 2.45) is 0 Å². The second-order valence-electron chi connectivity index (χ2n) is 7.81. The van der Waals surface area contributed by atoms with E-state index in [1.807, 2.05) is 48.9 Å². The third kappa shape index (κ3) is 4.16. The summed E-state index contributed by atoms with van der Waals surface area (Å²) in [5, 5.41) is 8.18. The van der Waals surface area contributed by atoms with Gasteiger partial charge in [-0.2, -0.15) is 5.10 Å². The predicted molar refractivity (Wildman–Crippen MR) is 112 cm³/mol. The number of nitrogens with one attached hydrogen (secondary N) is 1. The summed E-state index contributed by atoms with van der Waals surface area (Å²) in [5.41, 5.74) is 2.92. The summed E-state index contributed by atoms with van der Waals surface area (Å²) in [6.45, 7) is 12.2. The maximum Gasteiger partial charge on any atom is 0.256 e.